The number of aromatic nitrogens is 3. The Labute approximate surface area is 150 Å². The summed E-state index contributed by atoms with van der Waals surface area (Å²) in [6.07, 6.45) is 7.25. The third kappa shape index (κ3) is 3.18. The van der Waals surface area contributed by atoms with Crippen LogP contribution < -0.4 is 5.32 Å². The van der Waals surface area contributed by atoms with Crippen LogP contribution in [0.25, 0.3) is 5.69 Å². The van der Waals surface area contributed by atoms with Gasteiger partial charge in [0.1, 0.15) is 18.4 Å². The fourth-order valence-electron chi connectivity index (χ4n) is 4.07. The summed E-state index contributed by atoms with van der Waals surface area (Å²) < 4.78 is 1.59. The van der Waals surface area contributed by atoms with E-state index in [0.29, 0.717) is 35.0 Å². The minimum atomic E-state index is -0.129. The molecule has 2 unspecified atom stereocenters. The Morgan fingerprint density at radius 2 is 2.00 bits per heavy atom. The Hall–Kier alpha value is -2.21. The van der Waals surface area contributed by atoms with Gasteiger partial charge in [0.25, 0.3) is 0 Å². The Morgan fingerprint density at radius 3 is 2.68 bits per heavy atom. The molecule has 0 spiro atoms. The van der Waals surface area contributed by atoms with Gasteiger partial charge in [-0.1, -0.05) is 18.0 Å². The molecule has 0 saturated heterocycles. The number of hydrogen-bond acceptors (Lipinski definition) is 4. The summed E-state index contributed by atoms with van der Waals surface area (Å²) in [7, 11) is 0. The number of carbonyl (C=O) groups excluding carboxylic acids is 2. The second-order valence-electron chi connectivity index (χ2n) is 6.89. The second-order valence-corrected chi connectivity index (χ2v) is 7.32. The fourth-order valence-corrected chi connectivity index (χ4v) is 4.24. The van der Waals surface area contributed by atoms with Gasteiger partial charge in [-0.3, -0.25) is 9.59 Å². The van der Waals surface area contributed by atoms with Crippen LogP contribution in [0, 0.1) is 17.8 Å². The number of benzene rings is 1. The third-order valence-electron chi connectivity index (χ3n) is 5.30. The fraction of sp³-hybridized carbons (Fsp3) is 0.444. The first kappa shape index (κ1) is 16.3. The number of anilines is 1. The van der Waals surface area contributed by atoms with Crippen molar-refractivity contribution in [3.8, 4) is 5.69 Å². The van der Waals surface area contributed by atoms with Crippen molar-refractivity contribution in [3.63, 3.8) is 0 Å². The number of amides is 1. The van der Waals surface area contributed by atoms with Crippen molar-refractivity contribution >= 4 is 29.0 Å². The highest BCUT2D eigenvalue weighted by molar-refractivity contribution is 6.31. The monoisotopic (exact) mass is 358 g/mol. The first-order valence-electron chi connectivity index (χ1n) is 8.61. The van der Waals surface area contributed by atoms with Crippen LogP contribution in [0.5, 0.6) is 0 Å². The minimum absolute atomic E-state index is 0.0481. The van der Waals surface area contributed by atoms with E-state index in [-0.39, 0.29) is 23.7 Å². The zero-order valence-corrected chi connectivity index (χ0v) is 14.4. The molecule has 2 atom stereocenters. The number of fused-ring (bicyclic) bond motifs is 2. The van der Waals surface area contributed by atoms with Crippen molar-refractivity contribution in [2.75, 3.05) is 5.32 Å². The molecule has 2 saturated carbocycles. The normalized spacial score (nSPS) is 25.6. The van der Waals surface area contributed by atoms with Crippen LogP contribution in [0.3, 0.4) is 0 Å². The molecular weight excluding hydrogens is 340 g/mol. The molecule has 1 aromatic carbocycles. The lowest BCUT2D eigenvalue weighted by molar-refractivity contribution is -0.136. The molecule has 4 rings (SSSR count). The van der Waals surface area contributed by atoms with E-state index in [1.54, 1.807) is 29.2 Å². The van der Waals surface area contributed by atoms with Crippen LogP contribution in [0.2, 0.25) is 5.02 Å². The summed E-state index contributed by atoms with van der Waals surface area (Å²) in [5.74, 6) is 0.291. The van der Waals surface area contributed by atoms with Crippen LogP contribution in [0.15, 0.2) is 30.9 Å². The molecule has 2 bridgehead atoms. The smallest absolute Gasteiger partial charge is 0.227 e. The van der Waals surface area contributed by atoms with Crippen molar-refractivity contribution < 1.29 is 9.59 Å². The van der Waals surface area contributed by atoms with Gasteiger partial charge in [0, 0.05) is 22.8 Å². The quantitative estimate of drug-likeness (QED) is 0.913. The lowest BCUT2D eigenvalue weighted by atomic mass is 9.67. The number of hydrogen-bond donors (Lipinski definition) is 1. The van der Waals surface area contributed by atoms with E-state index >= 15 is 0 Å². The molecule has 1 heterocycles. The van der Waals surface area contributed by atoms with Gasteiger partial charge >= 0.3 is 0 Å². The highest BCUT2D eigenvalue weighted by Gasteiger charge is 2.41. The summed E-state index contributed by atoms with van der Waals surface area (Å²) in [6.45, 7) is 0. The first-order valence-corrected chi connectivity index (χ1v) is 8.99. The van der Waals surface area contributed by atoms with Crippen molar-refractivity contribution in [2.45, 2.75) is 32.1 Å². The molecule has 0 aliphatic heterocycles. The Bertz CT molecular complexity index is 789. The number of nitrogens with one attached hydrogen (secondary N) is 1. The van der Waals surface area contributed by atoms with Gasteiger partial charge in [-0.25, -0.2) is 9.67 Å². The van der Waals surface area contributed by atoms with Gasteiger partial charge in [-0.15, -0.1) is 0 Å². The number of nitrogens with zero attached hydrogens (tertiary/aromatic N) is 3. The van der Waals surface area contributed by atoms with Crippen LogP contribution in [0.4, 0.5) is 5.69 Å². The third-order valence-corrected chi connectivity index (χ3v) is 5.54. The van der Waals surface area contributed by atoms with Crippen molar-refractivity contribution in [1.29, 1.82) is 0 Å². The molecule has 6 nitrogen and oxygen atoms in total. The van der Waals surface area contributed by atoms with E-state index < -0.39 is 0 Å². The predicted molar refractivity (Wildman–Crippen MR) is 93.6 cm³/mol. The maximum atomic E-state index is 12.8. The van der Waals surface area contributed by atoms with Gasteiger partial charge in [0.05, 0.1) is 11.4 Å². The van der Waals surface area contributed by atoms with Crippen molar-refractivity contribution in [2.24, 2.45) is 17.8 Å². The van der Waals surface area contributed by atoms with Crippen LogP contribution in [0.1, 0.15) is 32.1 Å². The number of ketones is 1. The zero-order chi connectivity index (χ0) is 17.4. The van der Waals surface area contributed by atoms with E-state index in [9.17, 15) is 9.59 Å². The molecule has 7 heteroatoms. The van der Waals surface area contributed by atoms with Gasteiger partial charge in [0.2, 0.25) is 5.91 Å². The summed E-state index contributed by atoms with van der Waals surface area (Å²) in [5.41, 5.74) is 1.31. The molecule has 1 amide bonds. The largest absolute Gasteiger partial charge is 0.324 e. The number of carbonyl (C=O) groups is 2. The van der Waals surface area contributed by atoms with Crippen molar-refractivity contribution in [1.82, 2.24) is 14.8 Å². The van der Waals surface area contributed by atoms with Gasteiger partial charge < -0.3 is 5.32 Å². The average Bonchev–Trinajstić information content (AvgIpc) is 3.09. The molecule has 2 aliphatic carbocycles. The first-order chi connectivity index (χ1) is 12.1. The highest BCUT2D eigenvalue weighted by atomic mass is 35.5. The minimum Gasteiger partial charge on any atom is -0.324 e. The van der Waals surface area contributed by atoms with E-state index in [4.69, 9.17) is 11.6 Å². The van der Waals surface area contributed by atoms with Crippen LogP contribution in [-0.2, 0) is 9.59 Å². The van der Waals surface area contributed by atoms with E-state index in [1.807, 2.05) is 0 Å². The molecule has 2 aliphatic rings. The van der Waals surface area contributed by atoms with E-state index in [0.717, 1.165) is 19.3 Å². The van der Waals surface area contributed by atoms with Gasteiger partial charge in [-0.05, 0) is 43.9 Å². The maximum Gasteiger partial charge on any atom is 0.227 e. The van der Waals surface area contributed by atoms with E-state index in [2.05, 4.69) is 15.4 Å². The molecular formula is C18H19ClN4O2. The SMILES string of the molecule is O=C(Nc1cc(Cl)ccc1-n1cncn1)C1CC2CCCC(C1)C2=O. The van der Waals surface area contributed by atoms with Gasteiger partial charge in [0.15, 0.2) is 0 Å². The Balaban J connectivity index is 1.55. The molecule has 2 fully saturated rings. The number of Topliss-reactive ketones (excluding diaryl/α,β-unsaturated/α-hetero) is 1. The predicted octanol–water partition coefficient (Wildman–Crippen LogP) is 3.25. The summed E-state index contributed by atoms with van der Waals surface area (Å²) in [4.78, 5) is 29.0. The summed E-state index contributed by atoms with van der Waals surface area (Å²) in [5, 5.41) is 7.65. The van der Waals surface area contributed by atoms with E-state index in [1.165, 1.54) is 6.33 Å². The molecule has 1 aromatic heterocycles. The second kappa shape index (κ2) is 6.59. The molecule has 0 radical (unpaired) electrons. The topological polar surface area (TPSA) is 76.9 Å². The van der Waals surface area contributed by atoms with Crippen LogP contribution in [-0.4, -0.2) is 26.5 Å². The summed E-state index contributed by atoms with van der Waals surface area (Å²) in [6, 6.07) is 5.26. The molecule has 130 valence electrons. The average molecular weight is 359 g/mol. The zero-order valence-electron chi connectivity index (χ0n) is 13.7. The lowest BCUT2D eigenvalue weighted by Gasteiger charge is -2.37. The molecule has 25 heavy (non-hydrogen) atoms. The Morgan fingerprint density at radius 1 is 1.24 bits per heavy atom. The Kier molecular flexibility index (Phi) is 4.29. The summed E-state index contributed by atoms with van der Waals surface area (Å²) >= 11 is 6.10. The van der Waals surface area contributed by atoms with Gasteiger partial charge in [-0.2, -0.15) is 5.10 Å². The number of rotatable bonds is 3. The maximum absolute atomic E-state index is 12.8. The molecule has 2 aromatic rings. The molecule has 1 N–H and O–H groups in total. The standard InChI is InChI=1S/C18H19ClN4O2/c19-14-4-5-16(23-10-20-9-21-23)15(8-14)22-18(25)13-6-11-2-1-3-12(7-13)17(11)24/h4-5,8-13H,1-3,6-7H2,(H,22,25). The van der Waals surface area contributed by atoms with Crippen LogP contribution >= 0.6 is 11.6 Å². The number of halogens is 1. The highest BCUT2D eigenvalue weighted by Crippen LogP contribution is 2.40. The lowest BCUT2D eigenvalue weighted by Crippen LogP contribution is -2.40. The van der Waals surface area contributed by atoms with Crippen molar-refractivity contribution in [3.05, 3.63) is 35.9 Å².